The second-order valence-corrected chi connectivity index (χ2v) is 15.9. The van der Waals surface area contributed by atoms with Crippen LogP contribution in [0, 0.1) is 0 Å². The molecular formula is C58H42N4O2. The molecule has 64 heavy (non-hydrogen) atoms. The number of nitrogens with zero attached hydrogens (tertiary/aromatic N) is 3. The normalized spacial score (nSPS) is 12.5. The fraction of sp³-hybridized carbons (Fsp3) is 0.0345. The number of hydrogen-bond acceptors (Lipinski definition) is 3. The first-order valence-electron chi connectivity index (χ1n) is 21.4. The topological polar surface area (TPSA) is 82.0 Å². The molecule has 11 rings (SSSR count). The molecule has 0 saturated carbocycles. The number of nitrogens with two attached hydrogens (primary N) is 1. The smallest absolute Gasteiger partial charge is 0.157 e. The minimum absolute atomic E-state index is 0.350. The molecule has 6 nitrogen and oxygen atoms in total. The fourth-order valence-corrected chi connectivity index (χ4v) is 9.06. The molecule has 0 radical (unpaired) electrons. The Morgan fingerprint density at radius 3 is 2.03 bits per heavy atom. The van der Waals surface area contributed by atoms with Crippen LogP contribution in [0.5, 0.6) is 0 Å². The third-order valence-electron chi connectivity index (χ3n) is 12.0. The predicted molar refractivity (Wildman–Crippen MR) is 267 cm³/mol. The number of allylic oxidation sites excluding steroid dienone is 1. The summed E-state index contributed by atoms with van der Waals surface area (Å²) in [4.78, 5) is 10.1. The minimum Gasteiger partial charge on any atom is -0.456 e. The van der Waals surface area contributed by atoms with Crippen molar-refractivity contribution in [3.63, 3.8) is 0 Å². The molecule has 0 bridgehead atoms. The highest BCUT2D eigenvalue weighted by molar-refractivity contribution is 6.21. The Labute approximate surface area is 370 Å². The van der Waals surface area contributed by atoms with Gasteiger partial charge < -0.3 is 19.1 Å². The van der Waals surface area contributed by atoms with E-state index in [0.29, 0.717) is 18.2 Å². The number of aliphatic imine (C=N–C) groups is 2. The largest absolute Gasteiger partial charge is 0.456 e. The van der Waals surface area contributed by atoms with Crippen molar-refractivity contribution in [1.29, 1.82) is 0 Å². The summed E-state index contributed by atoms with van der Waals surface area (Å²) in [5.41, 5.74) is 21.6. The van der Waals surface area contributed by atoms with Gasteiger partial charge in [-0.2, -0.15) is 0 Å². The summed E-state index contributed by atoms with van der Waals surface area (Å²) >= 11 is 0. The number of furan rings is 2. The van der Waals surface area contributed by atoms with Gasteiger partial charge in [0.2, 0.25) is 0 Å². The van der Waals surface area contributed by atoms with E-state index in [1.807, 2.05) is 79.7 Å². The number of aromatic nitrogens is 1. The summed E-state index contributed by atoms with van der Waals surface area (Å²) in [6.07, 6.45) is 6.17. The van der Waals surface area contributed by atoms with E-state index in [0.717, 1.165) is 111 Å². The van der Waals surface area contributed by atoms with E-state index >= 15 is 0 Å². The van der Waals surface area contributed by atoms with Crippen LogP contribution in [0.4, 0.5) is 0 Å². The van der Waals surface area contributed by atoms with Crippen LogP contribution in [0.3, 0.4) is 0 Å². The maximum absolute atomic E-state index is 7.05. The molecule has 6 heteroatoms. The van der Waals surface area contributed by atoms with E-state index in [9.17, 15) is 0 Å². The Morgan fingerprint density at radius 1 is 0.609 bits per heavy atom. The van der Waals surface area contributed by atoms with Crippen molar-refractivity contribution in [2.75, 3.05) is 0 Å². The molecule has 0 aliphatic carbocycles. The molecule has 0 fully saturated rings. The number of para-hydroxylation sites is 1. The lowest BCUT2D eigenvalue weighted by molar-refractivity contribution is 0.668. The molecule has 0 spiro atoms. The van der Waals surface area contributed by atoms with Crippen LogP contribution in [0.15, 0.2) is 213 Å². The molecule has 8 aromatic carbocycles. The molecule has 0 amide bonds. The molecule has 2 N–H and O–H groups in total. The lowest BCUT2D eigenvalue weighted by Crippen LogP contribution is -2.17. The van der Waals surface area contributed by atoms with E-state index < -0.39 is 0 Å². The average molecular weight is 827 g/mol. The SMILES string of the molecule is C=Cc1c(/C=C\C)n(-c2ccc3oc4cccc(-c5ccc6oc7cccc(C(N)=NC(=NCc8ccccc8)c8ccc(-c9ccccc9)cc8)c7c6c5)c4c3c2)c2ccccc12. The fourth-order valence-electron chi connectivity index (χ4n) is 9.06. The molecule has 306 valence electrons. The van der Waals surface area contributed by atoms with Crippen LogP contribution in [-0.4, -0.2) is 16.2 Å². The van der Waals surface area contributed by atoms with Crippen LogP contribution in [0.25, 0.3) is 94.9 Å². The Morgan fingerprint density at radius 2 is 1.27 bits per heavy atom. The van der Waals surface area contributed by atoms with Crippen molar-refractivity contribution in [3.8, 4) is 27.9 Å². The molecule has 11 aromatic rings. The molecule has 0 aliphatic rings. The second kappa shape index (κ2) is 16.1. The molecular weight excluding hydrogens is 785 g/mol. The Balaban J connectivity index is 1.03. The van der Waals surface area contributed by atoms with Crippen molar-refractivity contribution >= 4 is 78.6 Å². The Hall–Kier alpha value is -8.48. The third kappa shape index (κ3) is 6.69. The summed E-state index contributed by atoms with van der Waals surface area (Å²) in [5, 5.41) is 5.05. The van der Waals surface area contributed by atoms with Crippen molar-refractivity contribution in [2.24, 2.45) is 15.7 Å². The first kappa shape index (κ1) is 38.4. The van der Waals surface area contributed by atoms with E-state index in [1.165, 1.54) is 0 Å². The molecule has 3 aromatic heterocycles. The van der Waals surface area contributed by atoms with Crippen molar-refractivity contribution in [3.05, 3.63) is 223 Å². The lowest BCUT2D eigenvalue weighted by atomic mass is 9.97. The standard InChI is InChI=1S/C58H42N4O2/c1-3-15-49-43(4-2)45-20-11-12-23-50(45)62(49)42-31-33-52-48(35-42)55-44(21-13-24-53(55)64-52)41-30-32-51-47(34-41)56-46(22-14-25-54(56)63-51)57(59)61-58(60-36-37-16-7-5-8-17-37)40-28-26-39(27-29-40)38-18-9-6-10-19-38/h3-35H,2,36H2,1H3,(H2,59,60,61)/b15-3-. The highest BCUT2D eigenvalue weighted by Gasteiger charge is 2.20. The van der Waals surface area contributed by atoms with Gasteiger partial charge in [0.15, 0.2) is 5.84 Å². The van der Waals surface area contributed by atoms with E-state index in [1.54, 1.807) is 0 Å². The van der Waals surface area contributed by atoms with Gasteiger partial charge in [0.1, 0.15) is 28.2 Å². The molecule has 3 heterocycles. The molecule has 0 saturated heterocycles. The monoisotopic (exact) mass is 826 g/mol. The van der Waals surface area contributed by atoms with Crippen LogP contribution < -0.4 is 5.73 Å². The van der Waals surface area contributed by atoms with Gasteiger partial charge in [-0.1, -0.05) is 152 Å². The molecule has 0 aliphatic heterocycles. The van der Waals surface area contributed by atoms with Gasteiger partial charge in [0, 0.05) is 49.3 Å². The van der Waals surface area contributed by atoms with Gasteiger partial charge >= 0.3 is 0 Å². The second-order valence-electron chi connectivity index (χ2n) is 15.9. The van der Waals surface area contributed by atoms with Gasteiger partial charge in [-0.25, -0.2) is 4.99 Å². The van der Waals surface area contributed by atoms with Crippen LogP contribution >= 0.6 is 0 Å². The van der Waals surface area contributed by atoms with Gasteiger partial charge in [0.25, 0.3) is 0 Å². The minimum atomic E-state index is 0.350. The number of rotatable bonds is 9. The van der Waals surface area contributed by atoms with Gasteiger partial charge in [-0.15, -0.1) is 0 Å². The summed E-state index contributed by atoms with van der Waals surface area (Å²) in [5.74, 6) is 0.901. The maximum atomic E-state index is 7.05. The lowest BCUT2D eigenvalue weighted by Gasteiger charge is -2.10. The van der Waals surface area contributed by atoms with E-state index in [2.05, 4.69) is 139 Å². The van der Waals surface area contributed by atoms with Crippen LogP contribution in [-0.2, 0) is 6.54 Å². The third-order valence-corrected chi connectivity index (χ3v) is 12.0. The van der Waals surface area contributed by atoms with Crippen molar-refractivity contribution in [1.82, 2.24) is 4.57 Å². The summed E-state index contributed by atoms with van der Waals surface area (Å²) in [6.45, 7) is 6.68. The number of amidine groups is 2. The predicted octanol–water partition coefficient (Wildman–Crippen LogP) is 14.8. The summed E-state index contributed by atoms with van der Waals surface area (Å²) in [6, 6.07) is 62.3. The quantitative estimate of drug-likeness (QED) is 0.116. The zero-order valence-corrected chi connectivity index (χ0v) is 35.2. The Kier molecular flexibility index (Phi) is 9.66. The zero-order chi connectivity index (χ0) is 43.1. The number of benzene rings is 8. The first-order chi connectivity index (χ1) is 31.6. The van der Waals surface area contributed by atoms with Crippen LogP contribution in [0.1, 0.15) is 34.9 Å². The summed E-state index contributed by atoms with van der Waals surface area (Å²) in [7, 11) is 0. The van der Waals surface area contributed by atoms with Gasteiger partial charge in [-0.05, 0) is 89.3 Å². The van der Waals surface area contributed by atoms with Gasteiger partial charge in [-0.3, -0.25) is 4.99 Å². The highest BCUT2D eigenvalue weighted by Crippen LogP contribution is 2.41. The first-order valence-corrected chi connectivity index (χ1v) is 21.4. The van der Waals surface area contributed by atoms with Crippen molar-refractivity contribution in [2.45, 2.75) is 13.5 Å². The number of hydrogen-bond donors (Lipinski definition) is 1. The maximum Gasteiger partial charge on any atom is 0.157 e. The summed E-state index contributed by atoms with van der Waals surface area (Å²) < 4.78 is 15.3. The van der Waals surface area contributed by atoms with E-state index in [-0.39, 0.29) is 0 Å². The molecule has 0 unspecified atom stereocenters. The van der Waals surface area contributed by atoms with Crippen molar-refractivity contribution < 1.29 is 8.83 Å². The zero-order valence-electron chi connectivity index (χ0n) is 35.2. The average Bonchev–Trinajstić information content (AvgIpc) is 4.02. The molecule has 0 atom stereocenters. The van der Waals surface area contributed by atoms with E-state index in [4.69, 9.17) is 24.6 Å². The van der Waals surface area contributed by atoms with Gasteiger partial charge in [0.05, 0.1) is 17.8 Å². The highest BCUT2D eigenvalue weighted by atomic mass is 16.3. The van der Waals surface area contributed by atoms with Crippen LogP contribution in [0.2, 0.25) is 0 Å². The number of fused-ring (bicyclic) bond motifs is 7. The Bertz CT molecular complexity index is 3660.